The lowest BCUT2D eigenvalue weighted by Gasteiger charge is -2.25. The Morgan fingerprint density at radius 3 is 2.41 bits per heavy atom. The second-order valence-electron chi connectivity index (χ2n) is 4.51. The molecule has 1 nitrogen and oxygen atoms in total. The van der Waals surface area contributed by atoms with Crippen LogP contribution in [0.15, 0.2) is 0 Å². The van der Waals surface area contributed by atoms with E-state index in [1.165, 1.54) is 31.0 Å². The van der Waals surface area contributed by atoms with Gasteiger partial charge in [0.15, 0.2) is 0 Å². The average Bonchev–Trinajstić information content (AvgIpc) is 2.31. The molecule has 0 N–H and O–H groups in total. The van der Waals surface area contributed by atoms with E-state index in [1.807, 2.05) is 0 Å². The van der Waals surface area contributed by atoms with Gasteiger partial charge in [0.25, 0.3) is 0 Å². The van der Waals surface area contributed by atoms with Crippen molar-refractivity contribution >= 4 is 40.1 Å². The number of hydrogen-bond acceptors (Lipinski definition) is 3. The normalized spacial score (nSPS) is 14.0. The van der Waals surface area contributed by atoms with Crippen LogP contribution >= 0.6 is 36.6 Å². The molecule has 4 heteroatoms. The Balaban J connectivity index is 4.27. The second kappa shape index (κ2) is 10.2. The number of thiocarbonyl (C=S) groups is 1. The lowest BCUT2D eigenvalue weighted by atomic mass is 9.82. The predicted octanol–water partition coefficient (Wildman–Crippen LogP) is 5.21. The number of hydrogen-bond donors (Lipinski definition) is 1. The zero-order valence-electron chi connectivity index (χ0n) is 10.9. The molecular formula is C13H23NS3. The Morgan fingerprint density at radius 2 is 1.94 bits per heavy atom. The van der Waals surface area contributed by atoms with E-state index in [9.17, 15) is 5.26 Å². The lowest BCUT2D eigenvalue weighted by Crippen LogP contribution is -2.22. The molecule has 0 saturated carbocycles. The maximum absolute atomic E-state index is 9.45. The third-order valence-electron chi connectivity index (χ3n) is 2.95. The number of unbranched alkanes of at least 4 members (excludes halogenated alkanes) is 3. The number of thiol groups is 1. The maximum atomic E-state index is 9.45. The molecular weight excluding hydrogens is 266 g/mol. The van der Waals surface area contributed by atoms with Crippen molar-refractivity contribution in [1.82, 2.24) is 0 Å². The maximum Gasteiger partial charge on any atom is 0.101 e. The first-order valence-electron chi connectivity index (χ1n) is 6.37. The summed E-state index contributed by atoms with van der Waals surface area (Å²) in [7, 11) is 0. The first-order chi connectivity index (χ1) is 8.10. The molecule has 0 heterocycles. The van der Waals surface area contributed by atoms with Crippen molar-refractivity contribution in [3.8, 4) is 6.07 Å². The van der Waals surface area contributed by atoms with Gasteiger partial charge >= 0.3 is 0 Å². The van der Waals surface area contributed by atoms with Crippen LogP contribution in [0.5, 0.6) is 0 Å². The van der Waals surface area contributed by atoms with Gasteiger partial charge in [-0.25, -0.2) is 0 Å². The minimum atomic E-state index is -0.194. The molecule has 0 amide bonds. The summed E-state index contributed by atoms with van der Waals surface area (Å²) in [6.45, 7) is 4.35. The van der Waals surface area contributed by atoms with Crippen LogP contribution in [0.25, 0.3) is 0 Å². The molecule has 0 aromatic rings. The Labute approximate surface area is 121 Å². The Morgan fingerprint density at radius 1 is 1.24 bits per heavy atom. The molecule has 1 unspecified atom stereocenters. The topological polar surface area (TPSA) is 23.8 Å². The Bertz CT molecular complexity index is 260. The van der Waals surface area contributed by atoms with Crippen LogP contribution in [0.1, 0.15) is 58.8 Å². The third-order valence-corrected chi connectivity index (χ3v) is 4.63. The van der Waals surface area contributed by atoms with Crippen LogP contribution in [0.2, 0.25) is 0 Å². The SMILES string of the molecule is CCCCCCC(C#N)(CCC)CSC(=S)S. The fourth-order valence-corrected chi connectivity index (χ4v) is 3.11. The fourth-order valence-electron chi connectivity index (χ4n) is 1.98. The smallest absolute Gasteiger partial charge is 0.101 e. The number of rotatable bonds is 9. The number of nitrogens with zero attached hydrogens (tertiary/aromatic N) is 1. The highest BCUT2D eigenvalue weighted by Crippen LogP contribution is 2.34. The van der Waals surface area contributed by atoms with Gasteiger partial charge in [0.05, 0.1) is 11.5 Å². The van der Waals surface area contributed by atoms with Gasteiger partial charge in [0.2, 0.25) is 0 Å². The Hall–Kier alpha value is 0.280. The van der Waals surface area contributed by atoms with Gasteiger partial charge in [-0.2, -0.15) is 5.26 Å². The third kappa shape index (κ3) is 8.07. The van der Waals surface area contributed by atoms with E-state index in [2.05, 4.69) is 32.5 Å². The summed E-state index contributed by atoms with van der Waals surface area (Å²) in [6, 6.07) is 2.53. The zero-order chi connectivity index (χ0) is 13.1. The van der Waals surface area contributed by atoms with Crippen molar-refractivity contribution in [2.45, 2.75) is 58.8 Å². The van der Waals surface area contributed by atoms with Crippen LogP contribution in [0, 0.1) is 16.7 Å². The summed E-state index contributed by atoms with van der Waals surface area (Å²) < 4.78 is 0.647. The highest BCUT2D eigenvalue weighted by Gasteiger charge is 2.28. The second-order valence-corrected chi connectivity index (χ2v) is 7.21. The van der Waals surface area contributed by atoms with Crippen LogP contribution < -0.4 is 0 Å². The minimum Gasteiger partial charge on any atom is -0.198 e. The van der Waals surface area contributed by atoms with Gasteiger partial charge in [-0.1, -0.05) is 58.2 Å². The fraction of sp³-hybridized carbons (Fsp3) is 0.846. The number of thioether (sulfide) groups is 1. The van der Waals surface area contributed by atoms with Gasteiger partial charge in [0, 0.05) is 5.75 Å². The van der Waals surface area contributed by atoms with E-state index >= 15 is 0 Å². The molecule has 0 bridgehead atoms. The average molecular weight is 290 g/mol. The molecule has 0 rings (SSSR count). The molecule has 0 aliphatic rings. The van der Waals surface area contributed by atoms with Crippen molar-refractivity contribution in [3.63, 3.8) is 0 Å². The summed E-state index contributed by atoms with van der Waals surface area (Å²) in [5.41, 5.74) is -0.194. The molecule has 17 heavy (non-hydrogen) atoms. The molecule has 98 valence electrons. The van der Waals surface area contributed by atoms with Crippen molar-refractivity contribution in [2.24, 2.45) is 5.41 Å². The predicted molar refractivity (Wildman–Crippen MR) is 85.8 cm³/mol. The molecule has 1 atom stereocenters. The van der Waals surface area contributed by atoms with Crippen LogP contribution in [-0.4, -0.2) is 9.28 Å². The van der Waals surface area contributed by atoms with Gasteiger partial charge in [-0.3, -0.25) is 0 Å². The van der Waals surface area contributed by atoms with Gasteiger partial charge in [-0.15, -0.1) is 24.4 Å². The van der Waals surface area contributed by atoms with Gasteiger partial charge in [0.1, 0.15) is 3.53 Å². The van der Waals surface area contributed by atoms with E-state index in [1.54, 1.807) is 0 Å². The largest absolute Gasteiger partial charge is 0.198 e. The van der Waals surface area contributed by atoms with Crippen molar-refractivity contribution in [1.29, 1.82) is 5.26 Å². The van der Waals surface area contributed by atoms with E-state index in [0.29, 0.717) is 3.53 Å². The molecule has 0 saturated heterocycles. The highest BCUT2D eigenvalue weighted by atomic mass is 32.2. The summed E-state index contributed by atoms with van der Waals surface area (Å²) in [6.07, 6.45) is 7.93. The quantitative estimate of drug-likeness (QED) is 0.358. The molecule has 0 radical (unpaired) electrons. The number of nitriles is 1. The standard InChI is InChI=1S/C13H23NS3/c1-3-5-6-7-9-13(10-14,8-4-2)11-17-12(15)16/h3-9,11H2,1-2H3,(H,15,16). The molecule has 0 fully saturated rings. The van der Waals surface area contributed by atoms with Gasteiger partial charge < -0.3 is 0 Å². The first-order valence-corrected chi connectivity index (χ1v) is 8.21. The van der Waals surface area contributed by atoms with Crippen molar-refractivity contribution in [2.75, 3.05) is 5.75 Å². The van der Waals surface area contributed by atoms with Crippen LogP contribution in [0.3, 0.4) is 0 Å². The Kier molecular flexibility index (Phi) is 10.4. The monoisotopic (exact) mass is 289 g/mol. The van der Waals surface area contributed by atoms with Crippen molar-refractivity contribution < 1.29 is 0 Å². The summed E-state index contributed by atoms with van der Waals surface area (Å²) in [5.74, 6) is 0.797. The summed E-state index contributed by atoms with van der Waals surface area (Å²) in [5, 5.41) is 9.45. The molecule has 0 aromatic carbocycles. The molecule has 0 aliphatic carbocycles. The van der Waals surface area contributed by atoms with Crippen LogP contribution in [-0.2, 0) is 0 Å². The zero-order valence-corrected chi connectivity index (χ0v) is 13.4. The minimum absolute atomic E-state index is 0.194. The molecule has 0 aromatic heterocycles. The molecule has 0 spiro atoms. The lowest BCUT2D eigenvalue weighted by molar-refractivity contribution is 0.359. The van der Waals surface area contributed by atoms with Crippen LogP contribution in [0.4, 0.5) is 0 Å². The summed E-state index contributed by atoms with van der Waals surface area (Å²) >= 11 is 10.6. The van der Waals surface area contributed by atoms with E-state index < -0.39 is 0 Å². The molecule has 0 aliphatic heterocycles. The summed E-state index contributed by atoms with van der Waals surface area (Å²) in [4.78, 5) is 0. The highest BCUT2D eigenvalue weighted by molar-refractivity contribution is 8.41. The van der Waals surface area contributed by atoms with E-state index in [-0.39, 0.29) is 5.41 Å². The van der Waals surface area contributed by atoms with E-state index in [0.717, 1.165) is 31.4 Å². The first kappa shape index (κ1) is 17.3. The van der Waals surface area contributed by atoms with E-state index in [4.69, 9.17) is 12.2 Å². The van der Waals surface area contributed by atoms with Crippen molar-refractivity contribution in [3.05, 3.63) is 0 Å². The van der Waals surface area contributed by atoms with Gasteiger partial charge in [-0.05, 0) is 12.8 Å².